The lowest BCUT2D eigenvalue weighted by Crippen LogP contribution is -2.05. The lowest BCUT2D eigenvalue weighted by atomic mass is 10.1. The maximum Gasteiger partial charge on any atom is 0.416 e. The molecular formula is C16H13F3N2. The zero-order valence-corrected chi connectivity index (χ0v) is 11.0. The van der Waals surface area contributed by atoms with E-state index in [1.54, 1.807) is 0 Å². The van der Waals surface area contributed by atoms with E-state index in [4.69, 9.17) is 0 Å². The van der Waals surface area contributed by atoms with Crippen molar-refractivity contribution >= 4 is 16.6 Å². The number of hydrogen-bond donors (Lipinski definition) is 2. The molecule has 0 bridgehead atoms. The maximum atomic E-state index is 12.5. The molecule has 0 aliphatic heterocycles. The molecule has 0 radical (unpaired) electrons. The van der Waals surface area contributed by atoms with Gasteiger partial charge in [-0.1, -0.05) is 6.07 Å². The Kier molecular flexibility index (Phi) is 3.33. The molecule has 0 saturated heterocycles. The Morgan fingerprint density at radius 2 is 1.71 bits per heavy atom. The number of nitrogens with one attached hydrogen (secondary N) is 2. The highest BCUT2D eigenvalue weighted by molar-refractivity contribution is 5.79. The molecule has 0 saturated carbocycles. The second kappa shape index (κ2) is 5.16. The van der Waals surface area contributed by atoms with Crippen LogP contribution in [-0.2, 0) is 12.7 Å². The van der Waals surface area contributed by atoms with E-state index in [-0.39, 0.29) is 0 Å². The Bertz CT molecular complexity index is 742. The minimum Gasteiger partial charge on any atom is -0.381 e. The number of benzene rings is 2. The van der Waals surface area contributed by atoms with Gasteiger partial charge < -0.3 is 10.3 Å². The van der Waals surface area contributed by atoms with E-state index in [9.17, 15) is 13.2 Å². The van der Waals surface area contributed by atoms with Crippen molar-refractivity contribution in [3.05, 3.63) is 65.9 Å². The molecule has 0 fully saturated rings. The molecule has 2 nitrogen and oxygen atoms in total. The van der Waals surface area contributed by atoms with Crippen LogP contribution in [-0.4, -0.2) is 4.98 Å². The predicted octanol–water partition coefficient (Wildman–Crippen LogP) is 4.80. The largest absolute Gasteiger partial charge is 0.416 e. The number of rotatable bonds is 3. The number of H-pyrrole nitrogens is 1. The van der Waals surface area contributed by atoms with Crippen LogP contribution in [0.5, 0.6) is 0 Å². The number of aromatic nitrogens is 1. The van der Waals surface area contributed by atoms with Crippen molar-refractivity contribution in [3.8, 4) is 0 Å². The summed E-state index contributed by atoms with van der Waals surface area (Å²) in [5.41, 5.74) is 2.16. The van der Waals surface area contributed by atoms with E-state index in [1.807, 2.05) is 30.5 Å². The van der Waals surface area contributed by atoms with Crippen LogP contribution in [0, 0.1) is 0 Å². The Morgan fingerprint density at radius 3 is 2.43 bits per heavy atom. The monoisotopic (exact) mass is 290 g/mol. The lowest BCUT2D eigenvalue weighted by Gasteiger charge is -2.09. The van der Waals surface area contributed by atoms with Gasteiger partial charge in [-0.3, -0.25) is 0 Å². The average Bonchev–Trinajstić information content (AvgIpc) is 2.92. The Balaban J connectivity index is 1.69. The van der Waals surface area contributed by atoms with Crippen LogP contribution in [0.3, 0.4) is 0 Å². The quantitative estimate of drug-likeness (QED) is 0.712. The molecular weight excluding hydrogens is 277 g/mol. The van der Waals surface area contributed by atoms with Gasteiger partial charge in [0.2, 0.25) is 0 Å². The van der Waals surface area contributed by atoms with E-state index >= 15 is 0 Å². The van der Waals surface area contributed by atoms with E-state index < -0.39 is 11.7 Å². The molecule has 1 heterocycles. The third-order valence-corrected chi connectivity index (χ3v) is 3.33. The summed E-state index contributed by atoms with van der Waals surface area (Å²) in [4.78, 5) is 3.11. The van der Waals surface area contributed by atoms with Gasteiger partial charge in [-0.15, -0.1) is 0 Å². The van der Waals surface area contributed by atoms with Crippen molar-refractivity contribution in [1.82, 2.24) is 4.98 Å². The number of alkyl halides is 3. The third-order valence-electron chi connectivity index (χ3n) is 3.33. The van der Waals surface area contributed by atoms with Gasteiger partial charge in [0, 0.05) is 23.9 Å². The summed E-state index contributed by atoms with van der Waals surface area (Å²) in [5, 5.41) is 4.23. The van der Waals surface area contributed by atoms with Crippen LogP contribution in [0.4, 0.5) is 18.9 Å². The maximum absolute atomic E-state index is 12.5. The SMILES string of the molecule is FC(F)(F)c1ccc(NCc2ccc3[nH]ccc3c2)cc1. The molecule has 3 rings (SSSR count). The molecule has 0 aliphatic rings. The summed E-state index contributed by atoms with van der Waals surface area (Å²) in [6.07, 6.45) is -2.42. The number of hydrogen-bond acceptors (Lipinski definition) is 1. The van der Waals surface area contributed by atoms with E-state index in [2.05, 4.69) is 10.3 Å². The second-order valence-corrected chi connectivity index (χ2v) is 4.83. The molecule has 21 heavy (non-hydrogen) atoms. The van der Waals surface area contributed by atoms with Gasteiger partial charge in [0.25, 0.3) is 0 Å². The standard InChI is InChI=1S/C16H13F3N2/c17-16(18,19)13-2-4-14(5-3-13)21-10-11-1-6-15-12(9-11)7-8-20-15/h1-9,20-21H,10H2. The summed E-state index contributed by atoms with van der Waals surface area (Å²) in [6.45, 7) is 0.562. The van der Waals surface area contributed by atoms with Gasteiger partial charge in [0.1, 0.15) is 0 Å². The summed E-state index contributed by atoms with van der Waals surface area (Å²) in [6, 6.07) is 13.0. The highest BCUT2D eigenvalue weighted by Gasteiger charge is 2.29. The fraction of sp³-hybridized carbons (Fsp3) is 0.125. The normalized spacial score (nSPS) is 11.8. The van der Waals surface area contributed by atoms with Crippen LogP contribution >= 0.6 is 0 Å². The van der Waals surface area contributed by atoms with Crippen molar-refractivity contribution in [3.63, 3.8) is 0 Å². The smallest absolute Gasteiger partial charge is 0.381 e. The van der Waals surface area contributed by atoms with Gasteiger partial charge in [0.05, 0.1) is 5.56 Å². The molecule has 0 atom stereocenters. The summed E-state index contributed by atoms with van der Waals surface area (Å²) < 4.78 is 37.4. The molecule has 2 aromatic carbocycles. The zero-order valence-electron chi connectivity index (χ0n) is 11.0. The number of halogens is 3. The minimum absolute atomic E-state index is 0.562. The van der Waals surface area contributed by atoms with Crippen molar-refractivity contribution in [1.29, 1.82) is 0 Å². The first-order valence-corrected chi connectivity index (χ1v) is 6.49. The molecule has 108 valence electrons. The highest BCUT2D eigenvalue weighted by Crippen LogP contribution is 2.29. The first kappa shape index (κ1) is 13.5. The Morgan fingerprint density at radius 1 is 0.952 bits per heavy atom. The van der Waals surface area contributed by atoms with Crippen molar-refractivity contribution in [2.24, 2.45) is 0 Å². The fourth-order valence-corrected chi connectivity index (χ4v) is 2.19. The molecule has 5 heteroatoms. The summed E-state index contributed by atoms with van der Waals surface area (Å²) in [5.74, 6) is 0. The van der Waals surface area contributed by atoms with Gasteiger partial charge in [-0.2, -0.15) is 13.2 Å². The van der Waals surface area contributed by atoms with Crippen LogP contribution < -0.4 is 5.32 Å². The highest BCUT2D eigenvalue weighted by atomic mass is 19.4. The topological polar surface area (TPSA) is 27.8 Å². The average molecular weight is 290 g/mol. The fourth-order valence-electron chi connectivity index (χ4n) is 2.19. The van der Waals surface area contributed by atoms with Crippen LogP contribution in [0.15, 0.2) is 54.7 Å². The number of anilines is 1. The molecule has 0 aliphatic carbocycles. The zero-order chi connectivity index (χ0) is 14.9. The van der Waals surface area contributed by atoms with E-state index in [0.29, 0.717) is 12.2 Å². The molecule has 2 N–H and O–H groups in total. The van der Waals surface area contributed by atoms with Crippen LogP contribution in [0.1, 0.15) is 11.1 Å². The number of fused-ring (bicyclic) bond motifs is 1. The van der Waals surface area contributed by atoms with Crippen LogP contribution in [0.2, 0.25) is 0 Å². The number of aromatic amines is 1. The van der Waals surface area contributed by atoms with Crippen LogP contribution in [0.25, 0.3) is 10.9 Å². The van der Waals surface area contributed by atoms with Gasteiger partial charge >= 0.3 is 6.18 Å². The minimum atomic E-state index is -4.29. The first-order valence-electron chi connectivity index (χ1n) is 6.49. The summed E-state index contributed by atoms with van der Waals surface area (Å²) in [7, 11) is 0. The molecule has 1 aromatic heterocycles. The van der Waals surface area contributed by atoms with Crippen molar-refractivity contribution in [2.45, 2.75) is 12.7 Å². The molecule has 3 aromatic rings. The summed E-state index contributed by atoms with van der Waals surface area (Å²) >= 11 is 0. The van der Waals surface area contributed by atoms with Crippen molar-refractivity contribution < 1.29 is 13.2 Å². The predicted molar refractivity (Wildman–Crippen MR) is 77.1 cm³/mol. The van der Waals surface area contributed by atoms with Crippen molar-refractivity contribution in [2.75, 3.05) is 5.32 Å². The third kappa shape index (κ3) is 3.02. The lowest BCUT2D eigenvalue weighted by molar-refractivity contribution is -0.137. The second-order valence-electron chi connectivity index (χ2n) is 4.83. The first-order chi connectivity index (χ1) is 10.0. The van der Waals surface area contributed by atoms with E-state index in [0.717, 1.165) is 28.6 Å². The van der Waals surface area contributed by atoms with Gasteiger partial charge in [-0.05, 0) is 53.4 Å². The molecule has 0 unspecified atom stereocenters. The Labute approximate surface area is 119 Å². The van der Waals surface area contributed by atoms with E-state index in [1.165, 1.54) is 12.1 Å². The Hall–Kier alpha value is -2.43. The molecule has 0 spiro atoms. The molecule has 0 amide bonds. The van der Waals surface area contributed by atoms with Gasteiger partial charge in [-0.25, -0.2) is 0 Å². The van der Waals surface area contributed by atoms with Gasteiger partial charge in [0.15, 0.2) is 0 Å².